The Morgan fingerprint density at radius 3 is 2.67 bits per heavy atom. The third-order valence-electron chi connectivity index (χ3n) is 2.26. The predicted octanol–water partition coefficient (Wildman–Crippen LogP) is 3.94. The van der Waals surface area contributed by atoms with Crippen LogP contribution in [-0.2, 0) is 0 Å². The summed E-state index contributed by atoms with van der Waals surface area (Å²) in [6, 6.07) is 0. The molecule has 0 atom stereocenters. The monoisotopic (exact) mass is 301 g/mol. The smallest absolute Gasteiger partial charge is 0.269 e. The fourth-order valence-electron chi connectivity index (χ4n) is 1.26. The lowest BCUT2D eigenvalue weighted by Crippen LogP contribution is -2.10. The maximum absolute atomic E-state index is 12.0. The number of thiophene rings is 1. The van der Waals surface area contributed by atoms with Crippen molar-refractivity contribution in [3.63, 3.8) is 0 Å². The zero-order valence-electron chi connectivity index (χ0n) is 10.2. The van der Waals surface area contributed by atoms with Crippen molar-refractivity contribution in [2.75, 3.05) is 5.32 Å². The standard InChI is InChI=1S/C11H12ClN3OS2/c1-5(2)10-14-15-11(18-10)13-9(16)8-7(12)6(3)4-17-8/h4-5H,1-3H3,(H,13,15,16). The van der Waals surface area contributed by atoms with E-state index in [0.29, 0.717) is 20.9 Å². The molecule has 0 saturated carbocycles. The Bertz CT molecular complexity index is 577. The summed E-state index contributed by atoms with van der Waals surface area (Å²) >= 11 is 8.76. The van der Waals surface area contributed by atoms with Gasteiger partial charge in [0.15, 0.2) is 0 Å². The van der Waals surface area contributed by atoms with E-state index in [1.165, 1.54) is 22.7 Å². The highest BCUT2D eigenvalue weighted by atomic mass is 35.5. The average Bonchev–Trinajstić information content (AvgIpc) is 2.88. The van der Waals surface area contributed by atoms with Crippen LogP contribution in [0.5, 0.6) is 0 Å². The molecule has 18 heavy (non-hydrogen) atoms. The number of carbonyl (C=O) groups excluding carboxylic acids is 1. The number of aromatic nitrogens is 2. The fraction of sp³-hybridized carbons (Fsp3) is 0.364. The number of nitrogens with zero attached hydrogens (tertiary/aromatic N) is 2. The van der Waals surface area contributed by atoms with Crippen molar-refractivity contribution in [3.05, 3.63) is 25.9 Å². The highest BCUT2D eigenvalue weighted by molar-refractivity contribution is 7.16. The number of anilines is 1. The zero-order chi connectivity index (χ0) is 13.3. The molecule has 0 aliphatic carbocycles. The van der Waals surface area contributed by atoms with Crippen molar-refractivity contribution in [1.29, 1.82) is 0 Å². The van der Waals surface area contributed by atoms with Crippen LogP contribution < -0.4 is 5.32 Å². The molecule has 0 aromatic carbocycles. The van der Waals surface area contributed by atoms with Gasteiger partial charge in [0.1, 0.15) is 9.88 Å². The van der Waals surface area contributed by atoms with Gasteiger partial charge in [-0.15, -0.1) is 21.5 Å². The first kappa shape index (κ1) is 13.5. The van der Waals surface area contributed by atoms with Gasteiger partial charge in [0.2, 0.25) is 5.13 Å². The Kier molecular flexibility index (Phi) is 3.99. The number of carbonyl (C=O) groups is 1. The van der Waals surface area contributed by atoms with Crippen molar-refractivity contribution < 1.29 is 4.79 Å². The van der Waals surface area contributed by atoms with Crippen LogP contribution in [0.3, 0.4) is 0 Å². The molecule has 0 aliphatic rings. The van der Waals surface area contributed by atoms with E-state index in [0.717, 1.165) is 10.6 Å². The summed E-state index contributed by atoms with van der Waals surface area (Å²) in [7, 11) is 0. The molecule has 96 valence electrons. The number of halogens is 1. The number of hydrogen-bond acceptors (Lipinski definition) is 5. The van der Waals surface area contributed by atoms with Crippen LogP contribution in [0, 0.1) is 6.92 Å². The molecule has 0 saturated heterocycles. The molecular formula is C11H12ClN3OS2. The summed E-state index contributed by atoms with van der Waals surface area (Å²) in [6.45, 7) is 5.94. The highest BCUT2D eigenvalue weighted by Crippen LogP contribution is 2.29. The van der Waals surface area contributed by atoms with Gasteiger partial charge in [0.05, 0.1) is 5.02 Å². The van der Waals surface area contributed by atoms with Crippen LogP contribution in [0.25, 0.3) is 0 Å². The van der Waals surface area contributed by atoms with E-state index < -0.39 is 0 Å². The lowest BCUT2D eigenvalue weighted by atomic mass is 10.2. The Morgan fingerprint density at radius 1 is 1.44 bits per heavy atom. The first-order valence-electron chi connectivity index (χ1n) is 5.37. The normalized spacial score (nSPS) is 10.9. The Labute approximate surface area is 118 Å². The minimum atomic E-state index is -0.232. The molecule has 0 spiro atoms. The molecule has 0 bridgehead atoms. The second-order valence-electron chi connectivity index (χ2n) is 4.12. The first-order valence-corrected chi connectivity index (χ1v) is 7.44. The quantitative estimate of drug-likeness (QED) is 0.934. The summed E-state index contributed by atoms with van der Waals surface area (Å²) in [5.74, 6) is 0.0743. The third kappa shape index (κ3) is 2.71. The van der Waals surface area contributed by atoms with Crippen molar-refractivity contribution in [3.8, 4) is 0 Å². The van der Waals surface area contributed by atoms with E-state index in [4.69, 9.17) is 11.6 Å². The van der Waals surface area contributed by atoms with Crippen LogP contribution in [0.4, 0.5) is 5.13 Å². The van der Waals surface area contributed by atoms with Crippen LogP contribution in [0.2, 0.25) is 5.02 Å². The fourth-order valence-corrected chi connectivity index (χ4v) is 3.17. The minimum absolute atomic E-state index is 0.232. The Morgan fingerprint density at radius 2 is 2.17 bits per heavy atom. The van der Waals surface area contributed by atoms with Gasteiger partial charge in [-0.2, -0.15) is 0 Å². The lowest BCUT2D eigenvalue weighted by Gasteiger charge is -1.99. The molecule has 2 rings (SSSR count). The van der Waals surface area contributed by atoms with Gasteiger partial charge < -0.3 is 0 Å². The minimum Gasteiger partial charge on any atom is -0.296 e. The largest absolute Gasteiger partial charge is 0.296 e. The molecule has 2 aromatic heterocycles. The molecule has 2 heterocycles. The van der Waals surface area contributed by atoms with Crippen LogP contribution in [0.15, 0.2) is 5.38 Å². The van der Waals surface area contributed by atoms with E-state index in [-0.39, 0.29) is 5.91 Å². The summed E-state index contributed by atoms with van der Waals surface area (Å²) in [5, 5.41) is 14.4. The maximum atomic E-state index is 12.0. The second-order valence-corrected chi connectivity index (χ2v) is 6.38. The Hall–Kier alpha value is -0.980. The molecule has 0 aliphatic heterocycles. The zero-order valence-corrected chi connectivity index (χ0v) is 12.5. The van der Waals surface area contributed by atoms with Crippen molar-refractivity contribution >= 4 is 45.3 Å². The van der Waals surface area contributed by atoms with E-state index in [9.17, 15) is 4.79 Å². The third-order valence-corrected chi connectivity index (χ3v) is 5.10. The number of rotatable bonds is 3. The van der Waals surface area contributed by atoms with Crippen LogP contribution >= 0.6 is 34.3 Å². The molecule has 1 amide bonds. The topological polar surface area (TPSA) is 54.9 Å². The summed E-state index contributed by atoms with van der Waals surface area (Å²) in [4.78, 5) is 12.5. The van der Waals surface area contributed by atoms with Gasteiger partial charge in [0, 0.05) is 5.92 Å². The summed E-state index contributed by atoms with van der Waals surface area (Å²) in [6.07, 6.45) is 0. The van der Waals surface area contributed by atoms with Crippen molar-refractivity contribution in [1.82, 2.24) is 10.2 Å². The van der Waals surface area contributed by atoms with Gasteiger partial charge >= 0.3 is 0 Å². The van der Waals surface area contributed by atoms with Gasteiger partial charge in [-0.3, -0.25) is 10.1 Å². The van der Waals surface area contributed by atoms with Crippen LogP contribution in [0.1, 0.15) is 40.0 Å². The molecule has 0 radical (unpaired) electrons. The molecular weight excluding hydrogens is 290 g/mol. The molecule has 7 heteroatoms. The van der Waals surface area contributed by atoms with Crippen molar-refractivity contribution in [2.24, 2.45) is 0 Å². The molecule has 0 fully saturated rings. The summed E-state index contributed by atoms with van der Waals surface area (Å²) < 4.78 is 0. The van der Waals surface area contributed by atoms with Crippen LogP contribution in [-0.4, -0.2) is 16.1 Å². The first-order chi connectivity index (χ1) is 8.49. The van der Waals surface area contributed by atoms with E-state index >= 15 is 0 Å². The average molecular weight is 302 g/mol. The molecule has 4 nitrogen and oxygen atoms in total. The second kappa shape index (κ2) is 5.34. The maximum Gasteiger partial charge on any atom is 0.269 e. The van der Waals surface area contributed by atoms with Crippen molar-refractivity contribution in [2.45, 2.75) is 26.7 Å². The lowest BCUT2D eigenvalue weighted by molar-refractivity contribution is 0.103. The van der Waals surface area contributed by atoms with Gasteiger partial charge in [-0.1, -0.05) is 36.8 Å². The van der Waals surface area contributed by atoms with E-state index in [2.05, 4.69) is 15.5 Å². The highest BCUT2D eigenvalue weighted by Gasteiger charge is 2.17. The SMILES string of the molecule is Cc1csc(C(=O)Nc2nnc(C(C)C)s2)c1Cl. The molecule has 0 unspecified atom stereocenters. The number of nitrogens with one attached hydrogen (secondary N) is 1. The number of hydrogen-bond donors (Lipinski definition) is 1. The van der Waals surface area contributed by atoms with E-state index in [1.807, 2.05) is 26.2 Å². The van der Waals surface area contributed by atoms with E-state index in [1.54, 1.807) is 0 Å². The van der Waals surface area contributed by atoms with Gasteiger partial charge in [0.25, 0.3) is 5.91 Å². The number of amides is 1. The summed E-state index contributed by atoms with van der Waals surface area (Å²) in [5.41, 5.74) is 0.909. The Balaban J connectivity index is 2.14. The molecule has 1 N–H and O–H groups in total. The number of aryl methyl sites for hydroxylation is 1. The predicted molar refractivity (Wildman–Crippen MR) is 76.0 cm³/mol. The van der Waals surface area contributed by atoms with Gasteiger partial charge in [-0.25, -0.2) is 0 Å². The van der Waals surface area contributed by atoms with Gasteiger partial charge in [-0.05, 0) is 17.9 Å². The molecule has 2 aromatic rings.